The molecule has 130 valence electrons. The van der Waals surface area contributed by atoms with Gasteiger partial charge >= 0.3 is 0 Å². The first-order valence-electron chi connectivity index (χ1n) is 8.90. The third-order valence-electron chi connectivity index (χ3n) is 4.99. The summed E-state index contributed by atoms with van der Waals surface area (Å²) in [5.74, 6) is 0.297. The highest BCUT2D eigenvalue weighted by molar-refractivity contribution is 5.82. The van der Waals surface area contributed by atoms with E-state index < -0.39 is 0 Å². The van der Waals surface area contributed by atoms with Crippen molar-refractivity contribution in [2.24, 2.45) is 0 Å². The Morgan fingerprint density at radius 1 is 1.12 bits per heavy atom. The minimum absolute atomic E-state index is 0.111. The first-order chi connectivity index (χ1) is 11.5. The maximum Gasteiger partial charge on any atom is 0.237 e. The molecule has 2 aliphatic rings. The topological polar surface area (TPSA) is 52.7 Å². The van der Waals surface area contributed by atoms with Crippen molar-refractivity contribution in [2.75, 3.05) is 26.2 Å². The average Bonchev–Trinajstić information content (AvgIpc) is 3.40. The Morgan fingerprint density at radius 3 is 2.33 bits per heavy atom. The summed E-state index contributed by atoms with van der Waals surface area (Å²) in [4.78, 5) is 28.7. The number of nitrogens with zero attached hydrogens (tertiary/aromatic N) is 2. The van der Waals surface area contributed by atoms with Crippen LogP contribution in [0.4, 0.5) is 0 Å². The lowest BCUT2D eigenvalue weighted by Crippen LogP contribution is -2.55. The van der Waals surface area contributed by atoms with E-state index in [2.05, 4.69) is 10.2 Å². The van der Waals surface area contributed by atoms with Gasteiger partial charge in [0.25, 0.3) is 0 Å². The Labute approximate surface area is 144 Å². The Bertz CT molecular complexity index is 587. The molecule has 0 bridgehead atoms. The van der Waals surface area contributed by atoms with Crippen molar-refractivity contribution in [2.45, 2.75) is 45.2 Å². The normalized spacial score (nSPS) is 19.8. The lowest BCUT2D eigenvalue weighted by molar-refractivity contribution is -0.133. The quantitative estimate of drug-likeness (QED) is 0.887. The molecule has 1 N–H and O–H groups in total. The van der Waals surface area contributed by atoms with Gasteiger partial charge in [-0.1, -0.05) is 29.8 Å². The molecule has 1 heterocycles. The van der Waals surface area contributed by atoms with Crippen LogP contribution in [0.25, 0.3) is 0 Å². The summed E-state index contributed by atoms with van der Waals surface area (Å²) < 4.78 is 0. The van der Waals surface area contributed by atoms with Gasteiger partial charge in [-0.3, -0.25) is 14.5 Å². The van der Waals surface area contributed by atoms with E-state index in [-0.39, 0.29) is 17.9 Å². The fraction of sp³-hybridized carbons (Fsp3) is 0.579. The lowest BCUT2D eigenvalue weighted by Gasteiger charge is -2.37. The summed E-state index contributed by atoms with van der Waals surface area (Å²) in [6.07, 6.45) is 2.68. The maximum absolute atomic E-state index is 12.4. The first-order valence-corrected chi connectivity index (χ1v) is 8.90. The standard InChI is InChI=1S/C19H27N3O2/c1-14-3-5-16(6-4-14)13-18(23)22-11-9-21(10-12-22)15(2)19(24)20-17-7-8-17/h3-6,15,17H,7-13H2,1-2H3,(H,20,24). The number of carbonyl (C=O) groups is 2. The van der Waals surface area contributed by atoms with E-state index in [4.69, 9.17) is 0 Å². The number of nitrogens with one attached hydrogen (secondary N) is 1. The molecule has 1 aromatic carbocycles. The molecule has 1 saturated carbocycles. The van der Waals surface area contributed by atoms with E-state index in [1.165, 1.54) is 5.56 Å². The van der Waals surface area contributed by atoms with Crippen LogP contribution >= 0.6 is 0 Å². The zero-order valence-electron chi connectivity index (χ0n) is 14.6. The monoisotopic (exact) mass is 329 g/mol. The number of hydrogen-bond donors (Lipinski definition) is 1. The molecule has 1 aromatic rings. The van der Waals surface area contributed by atoms with Crippen LogP contribution in [0.5, 0.6) is 0 Å². The molecule has 2 amide bonds. The van der Waals surface area contributed by atoms with Crippen molar-refractivity contribution in [3.05, 3.63) is 35.4 Å². The number of hydrogen-bond acceptors (Lipinski definition) is 3. The van der Waals surface area contributed by atoms with Crippen LogP contribution < -0.4 is 5.32 Å². The zero-order chi connectivity index (χ0) is 17.1. The van der Waals surface area contributed by atoms with Gasteiger partial charge in [0.1, 0.15) is 0 Å². The van der Waals surface area contributed by atoms with Gasteiger partial charge in [0.2, 0.25) is 11.8 Å². The molecule has 2 fully saturated rings. The van der Waals surface area contributed by atoms with Crippen LogP contribution in [0.2, 0.25) is 0 Å². The summed E-state index contributed by atoms with van der Waals surface area (Å²) >= 11 is 0. The van der Waals surface area contributed by atoms with Crippen LogP contribution in [-0.2, 0) is 16.0 Å². The molecule has 1 aliphatic heterocycles. The van der Waals surface area contributed by atoms with Crippen LogP contribution in [0.1, 0.15) is 30.9 Å². The van der Waals surface area contributed by atoms with Gasteiger partial charge in [-0.25, -0.2) is 0 Å². The van der Waals surface area contributed by atoms with Gasteiger partial charge in [0, 0.05) is 32.2 Å². The van der Waals surface area contributed by atoms with Crippen molar-refractivity contribution in [1.29, 1.82) is 0 Å². The van der Waals surface area contributed by atoms with E-state index >= 15 is 0 Å². The van der Waals surface area contributed by atoms with Crippen molar-refractivity contribution >= 4 is 11.8 Å². The maximum atomic E-state index is 12.4. The van der Waals surface area contributed by atoms with Gasteiger partial charge in [-0.15, -0.1) is 0 Å². The van der Waals surface area contributed by atoms with Gasteiger partial charge in [-0.05, 0) is 32.3 Å². The van der Waals surface area contributed by atoms with Crippen LogP contribution in [-0.4, -0.2) is 59.9 Å². The molecule has 1 aliphatic carbocycles. The number of carbonyl (C=O) groups excluding carboxylic acids is 2. The number of piperazine rings is 1. The Kier molecular flexibility index (Phi) is 5.19. The van der Waals surface area contributed by atoms with Gasteiger partial charge in [0.05, 0.1) is 12.5 Å². The third kappa shape index (κ3) is 4.35. The van der Waals surface area contributed by atoms with E-state index in [1.54, 1.807) is 0 Å². The number of aryl methyl sites for hydroxylation is 1. The van der Waals surface area contributed by atoms with E-state index in [1.807, 2.05) is 43.0 Å². The summed E-state index contributed by atoms with van der Waals surface area (Å²) in [5, 5.41) is 3.06. The number of amides is 2. The molecule has 24 heavy (non-hydrogen) atoms. The highest BCUT2D eigenvalue weighted by Gasteiger charge is 2.30. The minimum Gasteiger partial charge on any atom is -0.352 e. The van der Waals surface area contributed by atoms with Gasteiger partial charge < -0.3 is 10.2 Å². The molecule has 0 spiro atoms. The predicted octanol–water partition coefficient (Wildman–Crippen LogP) is 1.35. The molecular weight excluding hydrogens is 302 g/mol. The fourth-order valence-electron chi connectivity index (χ4n) is 3.07. The van der Waals surface area contributed by atoms with Crippen molar-refractivity contribution in [1.82, 2.24) is 15.1 Å². The summed E-state index contributed by atoms with van der Waals surface area (Å²) in [7, 11) is 0. The highest BCUT2D eigenvalue weighted by atomic mass is 16.2. The van der Waals surface area contributed by atoms with Crippen molar-refractivity contribution in [3.63, 3.8) is 0 Å². The van der Waals surface area contributed by atoms with E-state index in [0.29, 0.717) is 25.6 Å². The second-order valence-corrected chi connectivity index (χ2v) is 7.04. The van der Waals surface area contributed by atoms with Gasteiger partial charge in [-0.2, -0.15) is 0 Å². The molecule has 3 rings (SSSR count). The second kappa shape index (κ2) is 7.34. The number of benzene rings is 1. The largest absolute Gasteiger partial charge is 0.352 e. The molecule has 0 radical (unpaired) electrons. The molecule has 0 aromatic heterocycles. The lowest BCUT2D eigenvalue weighted by atomic mass is 10.1. The number of rotatable bonds is 5. The minimum atomic E-state index is -0.111. The molecule has 1 unspecified atom stereocenters. The van der Waals surface area contributed by atoms with E-state index in [0.717, 1.165) is 31.5 Å². The van der Waals surface area contributed by atoms with Crippen molar-refractivity contribution in [3.8, 4) is 0 Å². The van der Waals surface area contributed by atoms with E-state index in [9.17, 15) is 9.59 Å². The van der Waals surface area contributed by atoms with Gasteiger partial charge in [0.15, 0.2) is 0 Å². The smallest absolute Gasteiger partial charge is 0.237 e. The summed E-state index contributed by atoms with van der Waals surface area (Å²) in [5.41, 5.74) is 2.27. The second-order valence-electron chi connectivity index (χ2n) is 7.04. The summed E-state index contributed by atoms with van der Waals surface area (Å²) in [6.45, 7) is 6.93. The molecule has 5 nitrogen and oxygen atoms in total. The SMILES string of the molecule is Cc1ccc(CC(=O)N2CCN(C(C)C(=O)NC3CC3)CC2)cc1. The third-order valence-corrected chi connectivity index (χ3v) is 4.99. The van der Waals surface area contributed by atoms with Crippen LogP contribution in [0.15, 0.2) is 24.3 Å². The van der Waals surface area contributed by atoms with Crippen LogP contribution in [0.3, 0.4) is 0 Å². The molecule has 1 saturated heterocycles. The summed E-state index contributed by atoms with van der Waals surface area (Å²) in [6, 6.07) is 8.42. The Balaban J connectivity index is 1.46. The average molecular weight is 329 g/mol. The molecular formula is C19H27N3O2. The Hall–Kier alpha value is -1.88. The fourth-order valence-corrected chi connectivity index (χ4v) is 3.07. The first kappa shape index (κ1) is 17.0. The zero-order valence-corrected chi connectivity index (χ0v) is 14.6. The Morgan fingerprint density at radius 2 is 1.75 bits per heavy atom. The molecule has 5 heteroatoms. The highest BCUT2D eigenvalue weighted by Crippen LogP contribution is 2.19. The van der Waals surface area contributed by atoms with Crippen molar-refractivity contribution < 1.29 is 9.59 Å². The predicted molar refractivity (Wildman–Crippen MR) is 93.7 cm³/mol. The van der Waals surface area contributed by atoms with Crippen LogP contribution in [0, 0.1) is 6.92 Å². The molecule has 1 atom stereocenters.